The van der Waals surface area contributed by atoms with E-state index in [-0.39, 0.29) is 18.2 Å². The van der Waals surface area contributed by atoms with E-state index in [1.54, 1.807) is 6.92 Å². The zero-order valence-electron chi connectivity index (χ0n) is 11.9. The quantitative estimate of drug-likeness (QED) is 0.581. The number of carbonyl (C=O) groups excluding carboxylic acids is 2. The molecule has 19 heavy (non-hydrogen) atoms. The lowest BCUT2D eigenvalue weighted by molar-refractivity contribution is -0.137. The van der Waals surface area contributed by atoms with E-state index in [1.165, 1.54) is 6.92 Å². The highest BCUT2D eigenvalue weighted by molar-refractivity contribution is 5.86. The van der Waals surface area contributed by atoms with Gasteiger partial charge in [-0.25, -0.2) is 0 Å². The molecule has 0 aromatic heterocycles. The van der Waals surface area contributed by atoms with Gasteiger partial charge in [-0.05, 0) is 25.7 Å². The number of carboxylic acid groups (broad SMARTS) is 1. The van der Waals surface area contributed by atoms with Crippen molar-refractivity contribution >= 4 is 17.8 Å². The maximum Gasteiger partial charge on any atom is 0.303 e. The maximum absolute atomic E-state index is 11.6. The van der Waals surface area contributed by atoms with Crippen molar-refractivity contribution in [3.8, 4) is 0 Å². The van der Waals surface area contributed by atoms with Crippen LogP contribution < -0.4 is 10.6 Å². The third kappa shape index (κ3) is 9.04. The summed E-state index contributed by atoms with van der Waals surface area (Å²) in [6.07, 6.45) is 2.43. The van der Waals surface area contributed by atoms with Crippen LogP contribution in [0.15, 0.2) is 0 Å². The molecule has 0 rings (SSSR count). The largest absolute Gasteiger partial charge is 0.481 e. The second kappa shape index (κ2) is 9.35. The van der Waals surface area contributed by atoms with Crippen molar-refractivity contribution in [3.63, 3.8) is 0 Å². The van der Waals surface area contributed by atoms with Crippen LogP contribution in [0.3, 0.4) is 0 Å². The van der Waals surface area contributed by atoms with E-state index in [9.17, 15) is 14.4 Å². The van der Waals surface area contributed by atoms with Gasteiger partial charge in [-0.3, -0.25) is 14.4 Å². The van der Waals surface area contributed by atoms with Gasteiger partial charge in [-0.1, -0.05) is 13.3 Å². The summed E-state index contributed by atoms with van der Waals surface area (Å²) in [6.45, 7) is 5.50. The van der Waals surface area contributed by atoms with Crippen molar-refractivity contribution in [1.29, 1.82) is 0 Å². The molecule has 0 heterocycles. The fourth-order valence-corrected chi connectivity index (χ4v) is 1.80. The fraction of sp³-hybridized carbons (Fsp3) is 0.769. The molecule has 0 aliphatic carbocycles. The SMILES string of the molecule is CCC(CCNC(=O)C(C)NC(C)=O)CCC(=O)O. The molecule has 3 N–H and O–H groups in total. The average molecular weight is 272 g/mol. The molecule has 0 fully saturated rings. The van der Waals surface area contributed by atoms with E-state index in [1.807, 2.05) is 6.92 Å². The predicted octanol–water partition coefficient (Wildman–Crippen LogP) is 0.908. The highest BCUT2D eigenvalue weighted by Crippen LogP contribution is 2.14. The van der Waals surface area contributed by atoms with Gasteiger partial charge >= 0.3 is 5.97 Å². The number of rotatable bonds is 9. The minimum absolute atomic E-state index is 0.161. The van der Waals surface area contributed by atoms with Gasteiger partial charge in [-0.2, -0.15) is 0 Å². The number of amides is 2. The molecule has 0 radical (unpaired) electrons. The summed E-state index contributed by atoms with van der Waals surface area (Å²) in [7, 11) is 0. The molecule has 0 spiro atoms. The molecule has 0 aromatic rings. The van der Waals surface area contributed by atoms with Crippen molar-refractivity contribution in [2.45, 2.75) is 52.5 Å². The summed E-state index contributed by atoms with van der Waals surface area (Å²) in [5.41, 5.74) is 0. The first kappa shape index (κ1) is 17.4. The topological polar surface area (TPSA) is 95.5 Å². The number of aliphatic carboxylic acids is 1. The lowest BCUT2D eigenvalue weighted by Gasteiger charge is -2.16. The Labute approximate surface area is 113 Å². The van der Waals surface area contributed by atoms with Gasteiger partial charge in [0, 0.05) is 19.9 Å². The van der Waals surface area contributed by atoms with Crippen LogP contribution in [-0.2, 0) is 14.4 Å². The summed E-state index contributed by atoms with van der Waals surface area (Å²) >= 11 is 0. The first-order valence-electron chi connectivity index (χ1n) is 6.63. The minimum Gasteiger partial charge on any atom is -0.481 e. The lowest BCUT2D eigenvalue weighted by Crippen LogP contribution is -2.44. The monoisotopic (exact) mass is 272 g/mol. The Hall–Kier alpha value is -1.59. The van der Waals surface area contributed by atoms with E-state index in [0.717, 1.165) is 12.8 Å². The summed E-state index contributed by atoms with van der Waals surface area (Å²) in [5.74, 6) is -0.951. The fourth-order valence-electron chi connectivity index (χ4n) is 1.80. The van der Waals surface area contributed by atoms with E-state index >= 15 is 0 Å². The van der Waals surface area contributed by atoms with Crippen LogP contribution in [0.1, 0.15) is 46.5 Å². The normalized spacial score (nSPS) is 13.4. The molecule has 110 valence electrons. The van der Waals surface area contributed by atoms with Gasteiger partial charge in [0.25, 0.3) is 0 Å². The zero-order chi connectivity index (χ0) is 14.8. The Morgan fingerprint density at radius 3 is 2.32 bits per heavy atom. The molecule has 0 bridgehead atoms. The maximum atomic E-state index is 11.6. The Morgan fingerprint density at radius 1 is 1.21 bits per heavy atom. The molecular weight excluding hydrogens is 248 g/mol. The van der Waals surface area contributed by atoms with Crippen molar-refractivity contribution < 1.29 is 19.5 Å². The molecule has 2 atom stereocenters. The van der Waals surface area contributed by atoms with Gasteiger partial charge in [-0.15, -0.1) is 0 Å². The second-order valence-corrected chi connectivity index (χ2v) is 4.71. The zero-order valence-corrected chi connectivity index (χ0v) is 11.9. The second-order valence-electron chi connectivity index (χ2n) is 4.71. The van der Waals surface area contributed by atoms with E-state index in [0.29, 0.717) is 18.9 Å². The molecule has 0 aliphatic rings. The van der Waals surface area contributed by atoms with Crippen LogP contribution in [0.2, 0.25) is 0 Å². The first-order chi connectivity index (χ1) is 8.86. The first-order valence-corrected chi connectivity index (χ1v) is 6.63. The van der Waals surface area contributed by atoms with Gasteiger partial charge in [0.2, 0.25) is 11.8 Å². The third-order valence-electron chi connectivity index (χ3n) is 3.01. The lowest BCUT2D eigenvalue weighted by atomic mass is 9.96. The molecule has 2 unspecified atom stereocenters. The van der Waals surface area contributed by atoms with Crippen molar-refractivity contribution in [3.05, 3.63) is 0 Å². The van der Waals surface area contributed by atoms with Gasteiger partial charge in [0.1, 0.15) is 6.04 Å². The third-order valence-corrected chi connectivity index (χ3v) is 3.01. The van der Waals surface area contributed by atoms with Crippen molar-refractivity contribution in [2.75, 3.05) is 6.54 Å². The van der Waals surface area contributed by atoms with Crippen molar-refractivity contribution in [1.82, 2.24) is 10.6 Å². The number of nitrogens with one attached hydrogen (secondary N) is 2. The number of hydrogen-bond donors (Lipinski definition) is 3. The van der Waals surface area contributed by atoms with Crippen molar-refractivity contribution in [2.24, 2.45) is 5.92 Å². The van der Waals surface area contributed by atoms with Crippen LogP contribution in [-0.4, -0.2) is 35.5 Å². The van der Waals surface area contributed by atoms with E-state index < -0.39 is 12.0 Å². The number of carboxylic acids is 1. The summed E-state index contributed by atoms with van der Waals surface area (Å²) in [4.78, 5) is 32.9. The molecule has 0 aromatic carbocycles. The Bertz CT molecular complexity index is 318. The Balaban J connectivity index is 3.89. The summed E-state index contributed by atoms with van der Waals surface area (Å²) < 4.78 is 0. The van der Waals surface area contributed by atoms with E-state index in [2.05, 4.69) is 10.6 Å². The number of hydrogen-bond acceptors (Lipinski definition) is 3. The predicted molar refractivity (Wildman–Crippen MR) is 71.6 cm³/mol. The van der Waals surface area contributed by atoms with Gasteiger partial charge in [0.05, 0.1) is 0 Å². The van der Waals surface area contributed by atoms with Gasteiger partial charge < -0.3 is 15.7 Å². The van der Waals surface area contributed by atoms with Crippen LogP contribution in [0.5, 0.6) is 0 Å². The average Bonchev–Trinajstić information content (AvgIpc) is 2.31. The van der Waals surface area contributed by atoms with Crippen LogP contribution >= 0.6 is 0 Å². The summed E-state index contributed by atoms with van der Waals surface area (Å²) in [6, 6.07) is -0.545. The smallest absolute Gasteiger partial charge is 0.303 e. The Kier molecular flexibility index (Phi) is 8.57. The summed E-state index contributed by atoms with van der Waals surface area (Å²) in [5, 5.41) is 13.9. The molecule has 0 saturated carbocycles. The molecule has 0 saturated heterocycles. The molecule has 6 nitrogen and oxygen atoms in total. The standard InChI is InChI=1S/C13H24N2O4/c1-4-11(5-6-12(17)18)7-8-14-13(19)9(2)15-10(3)16/h9,11H,4-8H2,1-3H3,(H,14,19)(H,15,16)(H,17,18). The molecule has 0 aliphatic heterocycles. The number of carbonyl (C=O) groups is 3. The highest BCUT2D eigenvalue weighted by atomic mass is 16.4. The van der Waals surface area contributed by atoms with Crippen LogP contribution in [0, 0.1) is 5.92 Å². The van der Waals surface area contributed by atoms with Crippen LogP contribution in [0.4, 0.5) is 0 Å². The highest BCUT2D eigenvalue weighted by Gasteiger charge is 2.14. The molecule has 6 heteroatoms. The Morgan fingerprint density at radius 2 is 1.84 bits per heavy atom. The van der Waals surface area contributed by atoms with Crippen LogP contribution in [0.25, 0.3) is 0 Å². The molecular formula is C13H24N2O4. The van der Waals surface area contributed by atoms with E-state index in [4.69, 9.17) is 5.11 Å². The van der Waals surface area contributed by atoms with Gasteiger partial charge in [0.15, 0.2) is 0 Å². The minimum atomic E-state index is -0.790. The molecule has 2 amide bonds.